The van der Waals surface area contributed by atoms with Crippen LogP contribution in [0.2, 0.25) is 0 Å². The van der Waals surface area contributed by atoms with Crippen molar-refractivity contribution in [1.82, 2.24) is 24.6 Å². The fourth-order valence-electron chi connectivity index (χ4n) is 3.63. The second-order valence-corrected chi connectivity index (χ2v) is 7.62. The summed E-state index contributed by atoms with van der Waals surface area (Å²) in [6.45, 7) is 2.13. The maximum absolute atomic E-state index is 13.4. The molecule has 0 saturated carbocycles. The highest BCUT2D eigenvalue weighted by atomic mass is 16.2. The van der Waals surface area contributed by atoms with Crippen LogP contribution in [-0.2, 0) is 20.1 Å². The van der Waals surface area contributed by atoms with Gasteiger partial charge in [0.05, 0.1) is 17.8 Å². The number of hydrogen-bond acceptors (Lipinski definition) is 4. The van der Waals surface area contributed by atoms with Crippen LogP contribution in [-0.4, -0.2) is 30.6 Å². The Hall–Kier alpha value is -4.20. The van der Waals surface area contributed by atoms with Crippen LogP contribution in [0.3, 0.4) is 0 Å². The van der Waals surface area contributed by atoms with E-state index in [1.54, 1.807) is 18.0 Å². The monoisotopic (exact) mass is 429 g/mol. The number of amides is 1. The molecule has 0 atom stereocenters. The van der Waals surface area contributed by atoms with Crippen LogP contribution in [0.15, 0.2) is 76.4 Å². The first-order valence-corrected chi connectivity index (χ1v) is 10.2. The normalized spacial score (nSPS) is 10.8. The zero-order valence-electron chi connectivity index (χ0n) is 17.8. The molecule has 0 spiro atoms. The smallest absolute Gasteiger partial charge is 0.325 e. The number of hydrogen-bond donors (Lipinski definition) is 2. The van der Waals surface area contributed by atoms with Crippen molar-refractivity contribution in [1.29, 1.82) is 0 Å². The van der Waals surface area contributed by atoms with Gasteiger partial charge in [-0.15, -0.1) is 0 Å². The molecule has 0 fully saturated rings. The fourth-order valence-corrected chi connectivity index (χ4v) is 3.63. The van der Waals surface area contributed by atoms with Gasteiger partial charge in [0.2, 0.25) is 0 Å². The number of aryl methyl sites for hydroxylation is 2. The quantitative estimate of drug-likeness (QED) is 0.492. The van der Waals surface area contributed by atoms with Gasteiger partial charge in [0.1, 0.15) is 5.69 Å². The van der Waals surface area contributed by atoms with Crippen LogP contribution >= 0.6 is 0 Å². The lowest BCUT2D eigenvalue weighted by molar-refractivity contribution is 0.0718. The van der Waals surface area contributed by atoms with Gasteiger partial charge in [0.25, 0.3) is 11.5 Å². The third-order valence-corrected chi connectivity index (χ3v) is 5.17. The topological polar surface area (TPSA) is 104 Å². The van der Waals surface area contributed by atoms with Gasteiger partial charge in [-0.05, 0) is 35.7 Å². The summed E-state index contributed by atoms with van der Waals surface area (Å²) in [5.41, 5.74) is 3.35. The summed E-state index contributed by atoms with van der Waals surface area (Å²) in [5, 5.41) is 4.27. The van der Waals surface area contributed by atoms with Crippen LogP contribution < -0.4 is 11.2 Å². The molecule has 162 valence electrons. The van der Waals surface area contributed by atoms with Crippen molar-refractivity contribution in [2.45, 2.75) is 20.0 Å². The number of rotatable bonds is 6. The van der Waals surface area contributed by atoms with Crippen LogP contribution in [0.5, 0.6) is 0 Å². The molecule has 2 aromatic heterocycles. The second-order valence-electron chi connectivity index (χ2n) is 7.62. The Morgan fingerprint density at radius 1 is 1.00 bits per heavy atom. The lowest BCUT2D eigenvalue weighted by Crippen LogP contribution is -2.35. The predicted molar refractivity (Wildman–Crippen MR) is 121 cm³/mol. The van der Waals surface area contributed by atoms with Crippen molar-refractivity contribution in [3.05, 3.63) is 110 Å². The summed E-state index contributed by atoms with van der Waals surface area (Å²) >= 11 is 0. The van der Waals surface area contributed by atoms with Gasteiger partial charge in [-0.1, -0.05) is 48.5 Å². The number of H-pyrrole nitrogens is 2. The number of benzene rings is 2. The van der Waals surface area contributed by atoms with Crippen LogP contribution in [0.25, 0.3) is 11.1 Å². The molecule has 8 nitrogen and oxygen atoms in total. The molecule has 0 aliphatic rings. The zero-order chi connectivity index (χ0) is 22.7. The van der Waals surface area contributed by atoms with Crippen molar-refractivity contribution < 1.29 is 4.79 Å². The maximum Gasteiger partial charge on any atom is 0.325 e. The van der Waals surface area contributed by atoms with Crippen molar-refractivity contribution in [3.63, 3.8) is 0 Å². The number of aromatic amines is 2. The number of nitrogens with one attached hydrogen (secondary N) is 2. The van der Waals surface area contributed by atoms with Gasteiger partial charge < -0.3 is 9.88 Å². The fraction of sp³-hybridized carbons (Fsp3) is 0.167. The summed E-state index contributed by atoms with van der Waals surface area (Å²) < 4.78 is 1.53. The minimum Gasteiger partial charge on any atom is -0.328 e. The van der Waals surface area contributed by atoms with E-state index >= 15 is 0 Å². The first kappa shape index (κ1) is 21.0. The molecular weight excluding hydrogens is 406 g/mol. The largest absolute Gasteiger partial charge is 0.328 e. The Bertz CT molecular complexity index is 1370. The molecule has 0 aliphatic heterocycles. The van der Waals surface area contributed by atoms with Gasteiger partial charge in [0, 0.05) is 19.8 Å². The van der Waals surface area contributed by atoms with Gasteiger partial charge in [-0.25, -0.2) is 4.79 Å². The van der Waals surface area contributed by atoms with E-state index in [1.807, 2.05) is 61.5 Å². The summed E-state index contributed by atoms with van der Waals surface area (Å²) in [4.78, 5) is 43.3. The van der Waals surface area contributed by atoms with Gasteiger partial charge in [-0.3, -0.25) is 19.3 Å². The molecule has 0 saturated heterocycles. The molecule has 2 N–H and O–H groups in total. The summed E-state index contributed by atoms with van der Waals surface area (Å²) in [6, 6.07) is 19.6. The maximum atomic E-state index is 13.4. The first-order valence-electron chi connectivity index (χ1n) is 10.2. The summed E-state index contributed by atoms with van der Waals surface area (Å²) in [6.07, 6.45) is 1.34. The van der Waals surface area contributed by atoms with Crippen LogP contribution in [0.1, 0.15) is 27.3 Å². The molecule has 0 unspecified atom stereocenters. The summed E-state index contributed by atoms with van der Waals surface area (Å²) in [5.74, 6) is -0.260. The molecule has 0 bridgehead atoms. The molecule has 4 rings (SSSR count). The van der Waals surface area contributed by atoms with Gasteiger partial charge >= 0.3 is 5.69 Å². The van der Waals surface area contributed by atoms with E-state index in [-0.39, 0.29) is 24.6 Å². The highest BCUT2D eigenvalue weighted by molar-refractivity contribution is 5.92. The standard InChI is InChI=1S/C24H23N5O3/c1-16-11-21(28(2)27-16)23(31)29(15-20-13-25-24(32)26-22(20)30)14-17-7-6-10-19(12-17)18-8-4-3-5-9-18/h3-13H,14-15H2,1-2H3,(H2,25,26,30,32). The van der Waals surface area contributed by atoms with Crippen molar-refractivity contribution in [3.8, 4) is 11.1 Å². The van der Waals surface area contributed by atoms with E-state index in [0.29, 0.717) is 5.69 Å². The highest BCUT2D eigenvalue weighted by Gasteiger charge is 2.21. The molecular formula is C24H23N5O3. The SMILES string of the molecule is Cc1cc(C(=O)N(Cc2cccc(-c3ccccc3)c2)Cc2c[nH]c(=O)[nH]c2=O)n(C)n1. The lowest BCUT2D eigenvalue weighted by Gasteiger charge is -2.23. The van der Waals surface area contributed by atoms with E-state index in [4.69, 9.17) is 0 Å². The molecule has 2 heterocycles. The Morgan fingerprint density at radius 3 is 2.44 bits per heavy atom. The molecule has 32 heavy (non-hydrogen) atoms. The number of carbonyl (C=O) groups is 1. The Morgan fingerprint density at radius 2 is 1.75 bits per heavy atom. The Balaban J connectivity index is 1.69. The minimum absolute atomic E-state index is 0.0325. The van der Waals surface area contributed by atoms with Gasteiger partial charge in [-0.2, -0.15) is 5.10 Å². The van der Waals surface area contributed by atoms with Crippen molar-refractivity contribution >= 4 is 5.91 Å². The average Bonchev–Trinajstić information content (AvgIpc) is 3.13. The first-order chi connectivity index (χ1) is 15.4. The van der Waals surface area contributed by atoms with Crippen LogP contribution in [0.4, 0.5) is 0 Å². The molecule has 1 amide bonds. The molecule has 4 aromatic rings. The minimum atomic E-state index is -0.588. The summed E-state index contributed by atoms with van der Waals surface area (Å²) in [7, 11) is 1.71. The van der Waals surface area contributed by atoms with E-state index in [2.05, 4.69) is 15.1 Å². The number of nitrogens with zero attached hydrogens (tertiary/aromatic N) is 3. The number of carbonyl (C=O) groups excluding carboxylic acids is 1. The molecule has 0 aliphatic carbocycles. The van der Waals surface area contributed by atoms with Gasteiger partial charge in [0.15, 0.2) is 0 Å². The second kappa shape index (κ2) is 8.89. The van der Waals surface area contributed by atoms with Crippen LogP contribution in [0, 0.1) is 6.92 Å². The molecule has 8 heteroatoms. The zero-order valence-corrected chi connectivity index (χ0v) is 17.8. The van der Waals surface area contributed by atoms with Crippen molar-refractivity contribution in [2.24, 2.45) is 7.05 Å². The molecule has 2 aromatic carbocycles. The van der Waals surface area contributed by atoms with E-state index < -0.39 is 11.2 Å². The average molecular weight is 429 g/mol. The third-order valence-electron chi connectivity index (χ3n) is 5.17. The van der Waals surface area contributed by atoms with E-state index in [0.717, 1.165) is 22.4 Å². The number of aromatic nitrogens is 4. The third kappa shape index (κ3) is 4.59. The predicted octanol–water partition coefficient (Wildman–Crippen LogP) is 2.61. The Kier molecular flexibility index (Phi) is 5.85. The molecule has 0 radical (unpaired) electrons. The lowest BCUT2D eigenvalue weighted by atomic mass is 10.0. The Labute approximate surface area is 184 Å². The van der Waals surface area contributed by atoms with E-state index in [1.165, 1.54) is 10.9 Å². The van der Waals surface area contributed by atoms with E-state index in [9.17, 15) is 14.4 Å². The highest BCUT2D eigenvalue weighted by Crippen LogP contribution is 2.21. The van der Waals surface area contributed by atoms with Crippen molar-refractivity contribution in [2.75, 3.05) is 0 Å².